The van der Waals surface area contributed by atoms with Crippen molar-refractivity contribution in [1.82, 2.24) is 5.32 Å². The highest BCUT2D eigenvalue weighted by atomic mass is 32.2. The molecule has 0 aromatic heterocycles. The Morgan fingerprint density at radius 1 is 1.25 bits per heavy atom. The Hall–Kier alpha value is -0.890. The quantitative estimate of drug-likeness (QED) is 0.799. The van der Waals surface area contributed by atoms with Crippen LogP contribution >= 0.6 is 11.8 Å². The van der Waals surface area contributed by atoms with Gasteiger partial charge in [0.2, 0.25) is 0 Å². The van der Waals surface area contributed by atoms with Crippen molar-refractivity contribution >= 4 is 17.8 Å². The first-order chi connectivity index (χ1) is 7.69. The van der Waals surface area contributed by atoms with Crippen LogP contribution in [0.4, 0.5) is 0 Å². The fourth-order valence-electron chi connectivity index (χ4n) is 2.08. The number of rotatable bonds is 3. The molecule has 1 aromatic carbocycles. The molecular formula is C14H19NS. The van der Waals surface area contributed by atoms with Crippen molar-refractivity contribution in [2.75, 3.05) is 6.26 Å². The van der Waals surface area contributed by atoms with Gasteiger partial charge in [0.05, 0.1) is 0 Å². The third-order valence-corrected chi connectivity index (χ3v) is 3.54. The highest BCUT2D eigenvalue weighted by Gasteiger charge is 2.11. The summed E-state index contributed by atoms with van der Waals surface area (Å²) in [5, 5.41) is 3.51. The zero-order valence-electron chi connectivity index (χ0n) is 10.2. The molecular weight excluding hydrogens is 214 g/mol. The summed E-state index contributed by atoms with van der Waals surface area (Å²) < 4.78 is 0. The fraction of sp³-hybridized carbons (Fsp3) is 0.429. The average Bonchev–Trinajstić information content (AvgIpc) is 2.27. The van der Waals surface area contributed by atoms with Gasteiger partial charge in [-0.1, -0.05) is 6.07 Å². The van der Waals surface area contributed by atoms with Crippen LogP contribution in [0.25, 0.3) is 6.08 Å². The summed E-state index contributed by atoms with van der Waals surface area (Å²) in [4.78, 5) is 1.37. The van der Waals surface area contributed by atoms with E-state index in [0.717, 1.165) is 12.8 Å². The van der Waals surface area contributed by atoms with E-state index in [1.807, 2.05) is 11.8 Å². The molecule has 1 nitrogen and oxygen atoms in total. The lowest BCUT2D eigenvalue weighted by atomic mass is 9.95. The van der Waals surface area contributed by atoms with E-state index in [4.69, 9.17) is 0 Å². The van der Waals surface area contributed by atoms with Gasteiger partial charge in [-0.2, -0.15) is 0 Å². The van der Waals surface area contributed by atoms with Gasteiger partial charge in [0.1, 0.15) is 0 Å². The van der Waals surface area contributed by atoms with E-state index in [2.05, 4.69) is 49.7 Å². The topological polar surface area (TPSA) is 12.0 Å². The predicted molar refractivity (Wildman–Crippen MR) is 72.8 cm³/mol. The lowest BCUT2D eigenvalue weighted by Gasteiger charge is -2.20. The molecule has 0 atom stereocenters. The first-order valence-electron chi connectivity index (χ1n) is 5.83. The largest absolute Gasteiger partial charge is 0.386 e. The van der Waals surface area contributed by atoms with Gasteiger partial charge in [-0.25, -0.2) is 0 Å². The SMILES string of the molecule is CSc1ccc2c(c1)CCC(NC(C)C)=C2. The van der Waals surface area contributed by atoms with Crippen molar-refractivity contribution < 1.29 is 0 Å². The van der Waals surface area contributed by atoms with Crippen molar-refractivity contribution in [2.45, 2.75) is 37.6 Å². The van der Waals surface area contributed by atoms with E-state index >= 15 is 0 Å². The van der Waals surface area contributed by atoms with Crippen LogP contribution < -0.4 is 5.32 Å². The number of benzene rings is 1. The third-order valence-electron chi connectivity index (χ3n) is 2.82. The van der Waals surface area contributed by atoms with Crippen molar-refractivity contribution in [1.29, 1.82) is 0 Å². The molecule has 0 bridgehead atoms. The van der Waals surface area contributed by atoms with E-state index < -0.39 is 0 Å². The zero-order valence-corrected chi connectivity index (χ0v) is 11.0. The maximum absolute atomic E-state index is 3.51. The van der Waals surface area contributed by atoms with E-state index in [1.165, 1.54) is 21.7 Å². The molecule has 2 heteroatoms. The second-order valence-corrected chi connectivity index (χ2v) is 5.41. The summed E-state index contributed by atoms with van der Waals surface area (Å²) in [6, 6.07) is 7.29. The normalized spacial score (nSPS) is 14.6. The van der Waals surface area contributed by atoms with Crippen LogP contribution in [0.3, 0.4) is 0 Å². The minimum Gasteiger partial charge on any atom is -0.386 e. The van der Waals surface area contributed by atoms with Gasteiger partial charge >= 0.3 is 0 Å². The molecule has 2 rings (SSSR count). The number of thioether (sulfide) groups is 1. The Kier molecular flexibility index (Phi) is 3.59. The molecule has 1 aliphatic carbocycles. The maximum Gasteiger partial charge on any atom is 0.0201 e. The molecule has 1 N–H and O–H groups in total. The lowest BCUT2D eigenvalue weighted by Crippen LogP contribution is -2.23. The van der Waals surface area contributed by atoms with E-state index in [9.17, 15) is 0 Å². The van der Waals surface area contributed by atoms with E-state index in [1.54, 1.807) is 0 Å². The van der Waals surface area contributed by atoms with Crippen molar-refractivity contribution in [3.8, 4) is 0 Å². The summed E-state index contributed by atoms with van der Waals surface area (Å²) in [6.45, 7) is 4.38. The second-order valence-electron chi connectivity index (χ2n) is 4.53. The summed E-state index contributed by atoms with van der Waals surface area (Å²) in [5.74, 6) is 0. The third kappa shape index (κ3) is 2.62. The number of hydrogen-bond donors (Lipinski definition) is 1. The molecule has 0 saturated heterocycles. The number of aryl methyl sites for hydroxylation is 1. The Labute approximate surface area is 102 Å². The Bertz CT molecular complexity index is 407. The highest BCUT2D eigenvalue weighted by molar-refractivity contribution is 7.98. The van der Waals surface area contributed by atoms with Gasteiger partial charge in [-0.05, 0) is 62.3 Å². The van der Waals surface area contributed by atoms with Crippen molar-refractivity contribution in [3.05, 3.63) is 35.0 Å². The highest BCUT2D eigenvalue weighted by Crippen LogP contribution is 2.26. The molecule has 86 valence electrons. The molecule has 0 aliphatic heterocycles. The molecule has 1 aliphatic rings. The number of nitrogens with one attached hydrogen (secondary N) is 1. The van der Waals surface area contributed by atoms with Crippen LogP contribution in [0, 0.1) is 0 Å². The number of allylic oxidation sites excluding steroid dienone is 1. The van der Waals surface area contributed by atoms with Crippen LogP contribution in [0.1, 0.15) is 31.4 Å². The van der Waals surface area contributed by atoms with Crippen LogP contribution in [-0.4, -0.2) is 12.3 Å². The Morgan fingerprint density at radius 3 is 2.75 bits per heavy atom. The minimum atomic E-state index is 0.526. The molecule has 0 unspecified atom stereocenters. The second kappa shape index (κ2) is 4.96. The lowest BCUT2D eigenvalue weighted by molar-refractivity contribution is 0.641. The Balaban J connectivity index is 2.23. The molecule has 16 heavy (non-hydrogen) atoms. The van der Waals surface area contributed by atoms with Gasteiger partial charge < -0.3 is 5.32 Å². The number of hydrogen-bond acceptors (Lipinski definition) is 2. The first kappa shape index (κ1) is 11.6. The van der Waals surface area contributed by atoms with Gasteiger partial charge in [-0.3, -0.25) is 0 Å². The molecule has 1 aromatic rings. The molecule has 0 saturated carbocycles. The van der Waals surface area contributed by atoms with Crippen LogP contribution in [0.15, 0.2) is 28.8 Å². The molecule has 0 heterocycles. The summed E-state index contributed by atoms with van der Waals surface area (Å²) in [5.41, 5.74) is 4.24. The maximum atomic E-state index is 3.51. The molecule has 0 fully saturated rings. The minimum absolute atomic E-state index is 0.526. The smallest absolute Gasteiger partial charge is 0.0201 e. The predicted octanol–water partition coefficient (Wildman–Crippen LogP) is 3.69. The number of fused-ring (bicyclic) bond motifs is 1. The van der Waals surface area contributed by atoms with E-state index in [0.29, 0.717) is 6.04 Å². The van der Waals surface area contributed by atoms with E-state index in [-0.39, 0.29) is 0 Å². The summed E-state index contributed by atoms with van der Waals surface area (Å²) in [6.07, 6.45) is 6.73. The fourth-order valence-corrected chi connectivity index (χ4v) is 2.54. The average molecular weight is 233 g/mol. The van der Waals surface area contributed by atoms with Crippen LogP contribution in [0.5, 0.6) is 0 Å². The van der Waals surface area contributed by atoms with Crippen LogP contribution in [-0.2, 0) is 6.42 Å². The first-order valence-corrected chi connectivity index (χ1v) is 7.05. The summed E-state index contributed by atoms with van der Waals surface area (Å²) >= 11 is 1.82. The Morgan fingerprint density at radius 2 is 2.06 bits per heavy atom. The van der Waals surface area contributed by atoms with Gasteiger partial charge in [-0.15, -0.1) is 11.8 Å². The molecule has 0 amide bonds. The molecule has 0 spiro atoms. The van der Waals surface area contributed by atoms with Crippen molar-refractivity contribution in [3.63, 3.8) is 0 Å². The van der Waals surface area contributed by atoms with Crippen LogP contribution in [0.2, 0.25) is 0 Å². The monoisotopic (exact) mass is 233 g/mol. The van der Waals surface area contributed by atoms with Gasteiger partial charge in [0.25, 0.3) is 0 Å². The summed E-state index contributed by atoms with van der Waals surface area (Å²) in [7, 11) is 0. The van der Waals surface area contributed by atoms with Crippen molar-refractivity contribution in [2.24, 2.45) is 0 Å². The zero-order chi connectivity index (χ0) is 11.5. The molecule has 0 radical (unpaired) electrons. The van der Waals surface area contributed by atoms with Gasteiger partial charge in [0, 0.05) is 16.6 Å². The van der Waals surface area contributed by atoms with Gasteiger partial charge in [0.15, 0.2) is 0 Å². The standard InChI is InChI=1S/C14H19NS/c1-10(2)15-13-6-4-12-9-14(16-3)7-5-11(12)8-13/h5,7-10,15H,4,6H2,1-3H3.